The minimum absolute atomic E-state index is 0. The van der Waals surface area contributed by atoms with Crippen LogP contribution in [0.4, 0.5) is 0 Å². The molecule has 0 aromatic heterocycles. The van der Waals surface area contributed by atoms with Crippen LogP contribution in [0.5, 0.6) is 0 Å². The van der Waals surface area contributed by atoms with E-state index in [0.29, 0.717) is 0 Å². The van der Waals surface area contributed by atoms with Gasteiger partial charge in [0.15, 0.2) is 0 Å². The summed E-state index contributed by atoms with van der Waals surface area (Å²) in [7, 11) is 0. The number of aromatic carboxylic acids is 2. The first-order valence-corrected chi connectivity index (χ1v) is 8.22. The molecule has 0 aliphatic rings. The maximum Gasteiger partial charge on any atom is 1.00 e. The number of benzene rings is 3. The Morgan fingerprint density at radius 2 is 1.04 bits per heavy atom. The van der Waals surface area contributed by atoms with Gasteiger partial charge in [-0.15, -0.1) is 0 Å². The van der Waals surface area contributed by atoms with Gasteiger partial charge in [-0.1, -0.05) is 54.2 Å². The van der Waals surface area contributed by atoms with Crippen molar-refractivity contribution in [2.75, 3.05) is 0 Å². The molecule has 0 atom stereocenters. The van der Waals surface area contributed by atoms with E-state index < -0.39 is 11.9 Å². The van der Waals surface area contributed by atoms with Crippen molar-refractivity contribution in [2.45, 2.75) is 9.79 Å². The van der Waals surface area contributed by atoms with E-state index >= 15 is 0 Å². The molecule has 3 aromatic rings. The quantitative estimate of drug-likeness (QED) is 0.647. The van der Waals surface area contributed by atoms with E-state index in [0.717, 1.165) is 6.07 Å². The van der Waals surface area contributed by atoms with Gasteiger partial charge in [0.05, 0.1) is 11.1 Å². The molecule has 7 heteroatoms. The van der Waals surface area contributed by atoms with Gasteiger partial charge < -0.3 is 17.1 Å². The summed E-state index contributed by atoms with van der Waals surface area (Å²) in [6, 6.07) is 26.0. The van der Waals surface area contributed by atoms with Gasteiger partial charge in [0.1, 0.15) is 0 Å². The molecule has 0 bridgehead atoms. The average molecular weight is 394 g/mol. The van der Waals surface area contributed by atoms with Crippen LogP contribution in [0.1, 0.15) is 22.1 Å². The summed E-state index contributed by atoms with van der Waals surface area (Å²) in [5.41, 5.74) is -0.0372. The molecule has 3 rings (SSSR count). The van der Waals surface area contributed by atoms with Gasteiger partial charge in [-0.3, -0.25) is 0 Å². The minimum Gasteiger partial charge on any atom is -1.00 e. The Bertz CT molecular complexity index is 781. The number of hydrogen-bond donors (Lipinski definition) is 2. The topological polar surface area (TPSA) is 106 Å². The summed E-state index contributed by atoms with van der Waals surface area (Å²) >= 11 is 1.79. The molecule has 27 heavy (non-hydrogen) atoms. The monoisotopic (exact) mass is 394 g/mol. The second-order valence-corrected chi connectivity index (χ2v) is 6.07. The van der Waals surface area contributed by atoms with E-state index in [4.69, 9.17) is 10.2 Å². The van der Waals surface area contributed by atoms with E-state index in [1.165, 1.54) is 28.0 Å². The van der Waals surface area contributed by atoms with Crippen molar-refractivity contribution in [1.29, 1.82) is 0 Å². The maximum absolute atomic E-state index is 10.4. The van der Waals surface area contributed by atoms with Crippen molar-refractivity contribution >= 4 is 23.7 Å². The van der Waals surface area contributed by atoms with Gasteiger partial charge in [-0.05, 0) is 42.5 Å². The molecule has 3 aromatic carbocycles. The van der Waals surface area contributed by atoms with Gasteiger partial charge in [-0.25, -0.2) is 9.59 Å². The van der Waals surface area contributed by atoms with Crippen molar-refractivity contribution in [3.63, 3.8) is 0 Å². The van der Waals surface area contributed by atoms with Crippen molar-refractivity contribution in [3.8, 4) is 0 Å². The van der Waals surface area contributed by atoms with Crippen molar-refractivity contribution < 1.29 is 56.3 Å². The van der Waals surface area contributed by atoms with Crippen LogP contribution in [0.25, 0.3) is 0 Å². The first-order chi connectivity index (χ1) is 12.1. The molecule has 5 nitrogen and oxygen atoms in total. The zero-order valence-electron chi connectivity index (χ0n) is 15.7. The largest absolute Gasteiger partial charge is 1.00 e. The molecule has 0 heterocycles. The van der Waals surface area contributed by atoms with Gasteiger partial charge in [0, 0.05) is 9.79 Å². The predicted octanol–water partition coefficient (Wildman–Crippen LogP) is 1.21. The number of carboxylic acids is 2. The molecule has 0 saturated heterocycles. The van der Waals surface area contributed by atoms with E-state index in [9.17, 15) is 9.59 Å². The SMILES string of the molecule is O.O=C(O)c1cccc(C(=O)O)c1.[H-].[Na+].c1ccc(Sc2ccccc2)cc1. The standard InChI is InChI=1S/C12H10S.C8H6O4.Na.H2O.H/c1-3-7-11(8-4-1)13-12-9-5-2-6-10-12;9-7(10)5-2-1-3-6(4-5)8(11)12;;;/h1-10H;1-4H,(H,9,10)(H,11,12);;1H2;/q;;+1;;-1. The van der Waals surface area contributed by atoms with E-state index in [1.54, 1.807) is 11.8 Å². The minimum atomic E-state index is -1.13. The predicted molar refractivity (Wildman–Crippen MR) is 102 cm³/mol. The molecule has 136 valence electrons. The van der Waals surface area contributed by atoms with Crippen LogP contribution in [-0.2, 0) is 0 Å². The molecule has 0 spiro atoms. The first-order valence-electron chi connectivity index (χ1n) is 7.41. The molecular formula is C20H19NaO5S. The fourth-order valence-corrected chi connectivity index (χ4v) is 2.76. The summed E-state index contributed by atoms with van der Waals surface area (Å²) in [5, 5.41) is 17.0. The van der Waals surface area contributed by atoms with Crippen LogP contribution in [0.3, 0.4) is 0 Å². The summed E-state index contributed by atoms with van der Waals surface area (Å²) in [5.74, 6) is -2.25. The Labute approximate surface area is 185 Å². The van der Waals surface area contributed by atoms with Gasteiger partial charge in [0.2, 0.25) is 0 Å². The fourth-order valence-electron chi connectivity index (χ4n) is 1.90. The Balaban J connectivity index is 0. The van der Waals surface area contributed by atoms with Crippen LogP contribution in [0, 0.1) is 0 Å². The Hall–Kier alpha value is -2.09. The molecule has 0 radical (unpaired) electrons. The van der Waals surface area contributed by atoms with Gasteiger partial charge in [-0.2, -0.15) is 0 Å². The number of carboxylic acid groups (broad SMARTS) is 2. The van der Waals surface area contributed by atoms with E-state index in [-0.39, 0.29) is 47.6 Å². The zero-order valence-corrected chi connectivity index (χ0v) is 17.5. The van der Waals surface area contributed by atoms with Gasteiger partial charge in [0.25, 0.3) is 0 Å². The van der Waals surface area contributed by atoms with E-state index in [2.05, 4.69) is 48.5 Å². The van der Waals surface area contributed by atoms with Crippen LogP contribution in [0.2, 0.25) is 0 Å². The smallest absolute Gasteiger partial charge is 1.00 e. The Kier molecular flexibility index (Phi) is 12.1. The number of hydrogen-bond acceptors (Lipinski definition) is 3. The number of rotatable bonds is 4. The second kappa shape index (κ2) is 13.1. The first kappa shape index (κ1) is 24.9. The molecular weight excluding hydrogens is 375 g/mol. The van der Waals surface area contributed by atoms with E-state index in [1.807, 2.05) is 12.1 Å². The summed E-state index contributed by atoms with van der Waals surface area (Å²) < 4.78 is 0. The third-order valence-electron chi connectivity index (χ3n) is 3.08. The van der Waals surface area contributed by atoms with Crippen LogP contribution < -0.4 is 29.6 Å². The molecule has 0 unspecified atom stereocenters. The summed E-state index contributed by atoms with van der Waals surface area (Å²) in [6.45, 7) is 0. The molecule has 0 aliphatic carbocycles. The average Bonchev–Trinajstić information content (AvgIpc) is 2.64. The number of carbonyl (C=O) groups is 2. The van der Waals surface area contributed by atoms with Gasteiger partial charge >= 0.3 is 41.5 Å². The second-order valence-electron chi connectivity index (χ2n) is 4.92. The van der Waals surface area contributed by atoms with Crippen LogP contribution >= 0.6 is 11.8 Å². The van der Waals surface area contributed by atoms with Crippen molar-refractivity contribution in [3.05, 3.63) is 96.1 Å². The third-order valence-corrected chi connectivity index (χ3v) is 4.09. The van der Waals surface area contributed by atoms with Crippen molar-refractivity contribution in [1.82, 2.24) is 0 Å². The maximum atomic E-state index is 10.4. The third kappa shape index (κ3) is 8.90. The molecule has 4 N–H and O–H groups in total. The summed E-state index contributed by atoms with van der Waals surface area (Å²) in [4.78, 5) is 23.3. The Morgan fingerprint density at radius 3 is 1.37 bits per heavy atom. The fraction of sp³-hybridized carbons (Fsp3) is 0. The molecule has 0 fully saturated rings. The summed E-state index contributed by atoms with van der Waals surface area (Å²) in [6.07, 6.45) is 0. The van der Waals surface area contributed by atoms with Crippen LogP contribution in [0.15, 0.2) is 94.7 Å². The molecule has 0 amide bonds. The van der Waals surface area contributed by atoms with Crippen molar-refractivity contribution in [2.24, 2.45) is 0 Å². The normalized spacial score (nSPS) is 8.89. The zero-order chi connectivity index (χ0) is 18.1. The molecule has 0 saturated carbocycles. The van der Waals surface area contributed by atoms with Crippen LogP contribution in [-0.4, -0.2) is 27.6 Å². The Morgan fingerprint density at radius 1 is 0.667 bits per heavy atom. The molecule has 0 aliphatic heterocycles.